The van der Waals surface area contributed by atoms with Crippen molar-refractivity contribution in [2.75, 3.05) is 29.0 Å². The summed E-state index contributed by atoms with van der Waals surface area (Å²) in [5.41, 5.74) is 5.93. The highest BCUT2D eigenvalue weighted by Crippen LogP contribution is 2.37. The average Bonchev–Trinajstić information content (AvgIpc) is 3.10. The van der Waals surface area contributed by atoms with Gasteiger partial charge in [-0.2, -0.15) is 5.26 Å². The molecule has 3 aromatic heterocycles. The molecule has 4 heterocycles. The zero-order chi connectivity index (χ0) is 19.0. The van der Waals surface area contributed by atoms with E-state index < -0.39 is 5.82 Å². The van der Waals surface area contributed by atoms with Crippen LogP contribution in [-0.4, -0.2) is 33.0 Å². The molecule has 0 bridgehead atoms. The number of thiazole rings is 1. The van der Waals surface area contributed by atoms with Gasteiger partial charge in [0.2, 0.25) is 0 Å². The van der Waals surface area contributed by atoms with Crippen LogP contribution in [0.2, 0.25) is 0 Å². The highest BCUT2D eigenvalue weighted by Gasteiger charge is 2.27. The number of hydrogen-bond acceptors (Lipinski definition) is 9. The summed E-state index contributed by atoms with van der Waals surface area (Å²) in [5, 5.41) is 13.0. The number of nitrogen functional groups attached to an aromatic ring is 1. The molecule has 3 aromatic rings. The molecule has 1 aliphatic rings. The Bertz CT molecular complexity index is 1030. The fourth-order valence-electron chi connectivity index (χ4n) is 3.26. The van der Waals surface area contributed by atoms with Crippen molar-refractivity contribution in [2.24, 2.45) is 11.8 Å². The van der Waals surface area contributed by atoms with Crippen molar-refractivity contribution in [3.63, 3.8) is 0 Å². The molecule has 8 nitrogen and oxygen atoms in total. The summed E-state index contributed by atoms with van der Waals surface area (Å²) in [5.74, 6) is 1.08. The number of aromatic nitrogens is 4. The second kappa shape index (κ2) is 6.92. The largest absolute Gasteiger partial charge is 0.384 e. The second-order valence-corrected chi connectivity index (χ2v) is 7.63. The second-order valence-electron chi connectivity index (χ2n) is 6.65. The molecule has 0 unspecified atom stereocenters. The number of rotatable bonds is 3. The molecule has 0 aromatic carbocycles. The Balaban J connectivity index is 1.71. The fourth-order valence-corrected chi connectivity index (χ4v) is 4.30. The van der Waals surface area contributed by atoms with Gasteiger partial charge in [-0.15, -0.1) is 0 Å². The number of nitrogens with zero attached hydrogens (tertiary/aromatic N) is 6. The molecule has 4 rings (SSSR count). The van der Waals surface area contributed by atoms with E-state index in [1.54, 1.807) is 6.07 Å². The maximum Gasteiger partial charge on any atom is 0.186 e. The lowest BCUT2D eigenvalue weighted by Gasteiger charge is -2.33. The van der Waals surface area contributed by atoms with Gasteiger partial charge in [0.15, 0.2) is 16.8 Å². The first kappa shape index (κ1) is 17.4. The van der Waals surface area contributed by atoms with Gasteiger partial charge in [0.1, 0.15) is 28.2 Å². The van der Waals surface area contributed by atoms with Crippen LogP contribution in [0.4, 0.5) is 27.0 Å². The van der Waals surface area contributed by atoms with Crippen molar-refractivity contribution >= 4 is 44.1 Å². The minimum absolute atomic E-state index is 0.0506. The molecule has 0 saturated carbocycles. The van der Waals surface area contributed by atoms with Crippen LogP contribution in [0.25, 0.3) is 10.2 Å². The molecule has 1 saturated heterocycles. The Hall–Kier alpha value is -3.06. The molecule has 2 atom stereocenters. The van der Waals surface area contributed by atoms with E-state index in [1.807, 2.05) is 0 Å². The lowest BCUT2D eigenvalue weighted by molar-refractivity contribution is 0.389. The van der Waals surface area contributed by atoms with Crippen molar-refractivity contribution in [3.05, 3.63) is 24.4 Å². The molecular weight excluding hydrogens is 367 g/mol. The maximum absolute atomic E-state index is 14.3. The van der Waals surface area contributed by atoms with Crippen LogP contribution in [0, 0.1) is 29.0 Å². The molecule has 27 heavy (non-hydrogen) atoms. The Morgan fingerprint density at radius 2 is 2.22 bits per heavy atom. The Morgan fingerprint density at radius 1 is 1.37 bits per heavy atom. The minimum atomic E-state index is -0.484. The number of halogens is 1. The number of piperidine rings is 1. The SMILES string of the molecule is C[C@H]1C[C@H](C#N)CN(c2nc3c(F)cnc(Nc4cc(N)ncn4)c3s2)C1. The van der Waals surface area contributed by atoms with E-state index in [2.05, 4.69) is 43.1 Å². The van der Waals surface area contributed by atoms with Crippen LogP contribution >= 0.6 is 11.3 Å². The smallest absolute Gasteiger partial charge is 0.186 e. The van der Waals surface area contributed by atoms with Gasteiger partial charge in [0, 0.05) is 19.2 Å². The molecule has 1 aliphatic heterocycles. The number of anilines is 4. The standard InChI is InChI=1S/C17H17FN8S/c1-9-2-10(4-19)7-26(6-9)17-25-14-11(18)5-21-16(15(14)27-17)24-13-3-12(20)22-8-23-13/h3,5,8-10H,2,6-7H2,1H3,(H3,20,21,22,23,24)/t9-,10+/m0/s1. The van der Waals surface area contributed by atoms with Crippen molar-refractivity contribution < 1.29 is 4.39 Å². The molecule has 138 valence electrons. The zero-order valence-electron chi connectivity index (χ0n) is 14.6. The molecular formula is C17H17FN8S. The monoisotopic (exact) mass is 384 g/mol. The number of nitrogens with two attached hydrogens (primary N) is 1. The van der Waals surface area contributed by atoms with E-state index in [9.17, 15) is 9.65 Å². The lowest BCUT2D eigenvalue weighted by Crippen LogP contribution is -2.39. The van der Waals surface area contributed by atoms with Gasteiger partial charge in [0.05, 0.1) is 18.2 Å². The van der Waals surface area contributed by atoms with E-state index in [-0.39, 0.29) is 11.4 Å². The van der Waals surface area contributed by atoms with Gasteiger partial charge in [0.25, 0.3) is 0 Å². The molecule has 10 heteroatoms. The summed E-state index contributed by atoms with van der Waals surface area (Å²) in [7, 11) is 0. The van der Waals surface area contributed by atoms with Gasteiger partial charge in [-0.3, -0.25) is 0 Å². The quantitative estimate of drug-likeness (QED) is 0.708. The molecule has 0 amide bonds. The lowest BCUT2D eigenvalue weighted by atomic mass is 9.92. The van der Waals surface area contributed by atoms with Gasteiger partial charge < -0.3 is 16.0 Å². The van der Waals surface area contributed by atoms with Gasteiger partial charge in [-0.25, -0.2) is 24.3 Å². The third-order valence-electron chi connectivity index (χ3n) is 4.41. The number of fused-ring (bicyclic) bond motifs is 1. The Morgan fingerprint density at radius 3 is 3.00 bits per heavy atom. The third-order valence-corrected chi connectivity index (χ3v) is 5.53. The first-order chi connectivity index (χ1) is 13.0. The predicted molar refractivity (Wildman–Crippen MR) is 102 cm³/mol. The summed E-state index contributed by atoms with van der Waals surface area (Å²) in [6.07, 6.45) is 3.35. The first-order valence-electron chi connectivity index (χ1n) is 8.47. The number of hydrogen-bond donors (Lipinski definition) is 2. The van der Waals surface area contributed by atoms with Crippen LogP contribution < -0.4 is 16.0 Å². The van der Waals surface area contributed by atoms with E-state index in [1.165, 1.54) is 17.7 Å². The van der Waals surface area contributed by atoms with E-state index >= 15 is 0 Å². The van der Waals surface area contributed by atoms with Crippen LogP contribution in [-0.2, 0) is 0 Å². The van der Waals surface area contributed by atoms with Crippen LogP contribution in [0.5, 0.6) is 0 Å². The average molecular weight is 384 g/mol. The van der Waals surface area contributed by atoms with Gasteiger partial charge in [-0.1, -0.05) is 18.3 Å². The summed E-state index contributed by atoms with van der Waals surface area (Å²) < 4.78 is 14.9. The third kappa shape index (κ3) is 3.46. The van der Waals surface area contributed by atoms with E-state index in [0.717, 1.165) is 19.2 Å². The van der Waals surface area contributed by atoms with Crippen LogP contribution in [0.15, 0.2) is 18.6 Å². The number of pyridine rings is 1. The fraction of sp³-hybridized carbons (Fsp3) is 0.353. The molecule has 0 spiro atoms. The summed E-state index contributed by atoms with van der Waals surface area (Å²) in [4.78, 5) is 18.6. The van der Waals surface area contributed by atoms with Gasteiger partial charge >= 0.3 is 0 Å². The topological polar surface area (TPSA) is 117 Å². The highest BCUT2D eigenvalue weighted by molar-refractivity contribution is 7.22. The Kier molecular flexibility index (Phi) is 4.45. The number of nitriles is 1. The van der Waals surface area contributed by atoms with Gasteiger partial charge in [-0.05, 0) is 12.3 Å². The summed E-state index contributed by atoms with van der Waals surface area (Å²) >= 11 is 1.35. The van der Waals surface area contributed by atoms with Crippen LogP contribution in [0.1, 0.15) is 13.3 Å². The predicted octanol–water partition coefficient (Wildman–Crippen LogP) is 2.93. The minimum Gasteiger partial charge on any atom is -0.384 e. The van der Waals surface area contributed by atoms with Crippen molar-refractivity contribution in [1.29, 1.82) is 5.26 Å². The zero-order valence-corrected chi connectivity index (χ0v) is 15.4. The van der Waals surface area contributed by atoms with Crippen LogP contribution in [0.3, 0.4) is 0 Å². The maximum atomic E-state index is 14.3. The highest BCUT2D eigenvalue weighted by atomic mass is 32.1. The summed E-state index contributed by atoms with van der Waals surface area (Å²) in [6.45, 7) is 3.50. The Labute approximate surface area is 158 Å². The molecule has 1 fully saturated rings. The first-order valence-corrected chi connectivity index (χ1v) is 9.29. The molecule has 0 radical (unpaired) electrons. The normalized spacial score (nSPS) is 19.8. The van der Waals surface area contributed by atoms with Crippen molar-refractivity contribution in [2.45, 2.75) is 13.3 Å². The van der Waals surface area contributed by atoms with E-state index in [4.69, 9.17) is 5.73 Å². The van der Waals surface area contributed by atoms with Crippen molar-refractivity contribution in [1.82, 2.24) is 19.9 Å². The summed E-state index contributed by atoms with van der Waals surface area (Å²) in [6, 6.07) is 3.91. The van der Waals surface area contributed by atoms with E-state index in [0.29, 0.717) is 39.7 Å². The molecule has 3 N–H and O–H groups in total. The number of nitrogens with one attached hydrogen (secondary N) is 1. The van der Waals surface area contributed by atoms with Crippen molar-refractivity contribution in [3.8, 4) is 6.07 Å². The molecule has 0 aliphatic carbocycles.